The first kappa shape index (κ1) is 24.4. The average Bonchev–Trinajstić information content (AvgIpc) is 3.37. The minimum atomic E-state index is -0.660. The molecule has 1 aromatic carbocycles. The van der Waals surface area contributed by atoms with Crippen LogP contribution in [0.4, 0.5) is 4.79 Å². The normalized spacial score (nSPS) is 18.4. The Hall–Kier alpha value is -3.76. The van der Waals surface area contributed by atoms with Crippen LogP contribution < -0.4 is 10.6 Å². The molecule has 11 heteroatoms. The van der Waals surface area contributed by atoms with Crippen LogP contribution in [0, 0.1) is 0 Å². The third kappa shape index (κ3) is 5.18. The van der Waals surface area contributed by atoms with Crippen molar-refractivity contribution in [2.75, 3.05) is 6.54 Å². The summed E-state index contributed by atoms with van der Waals surface area (Å²) in [5, 5.41) is 13.6. The first-order valence-corrected chi connectivity index (χ1v) is 11.5. The summed E-state index contributed by atoms with van der Waals surface area (Å²) in [5.74, 6) is -0.982. The van der Waals surface area contributed by atoms with Gasteiger partial charge in [-0.15, -0.1) is 5.10 Å². The van der Waals surface area contributed by atoms with Gasteiger partial charge in [-0.25, -0.2) is 9.48 Å². The molecular weight excluding hydrogens is 452 g/mol. The third-order valence-electron chi connectivity index (χ3n) is 6.03. The second-order valence-corrected chi connectivity index (χ2v) is 10.5. The number of aromatic nitrogens is 3. The maximum Gasteiger partial charge on any atom is 0.407 e. The van der Waals surface area contributed by atoms with Gasteiger partial charge in [0.15, 0.2) is 0 Å². The maximum atomic E-state index is 12.9. The predicted molar refractivity (Wildman–Crippen MR) is 125 cm³/mol. The van der Waals surface area contributed by atoms with E-state index in [2.05, 4.69) is 20.9 Å². The predicted octanol–water partition coefficient (Wildman–Crippen LogP) is 1.83. The van der Waals surface area contributed by atoms with Crippen LogP contribution in [-0.4, -0.2) is 61.9 Å². The van der Waals surface area contributed by atoms with E-state index in [1.54, 1.807) is 43.8 Å². The molecule has 0 radical (unpaired) electrons. The van der Waals surface area contributed by atoms with E-state index in [0.29, 0.717) is 24.2 Å². The number of alkyl carbamates (subject to hydrolysis) is 1. The molecule has 1 unspecified atom stereocenters. The lowest BCUT2D eigenvalue weighted by Gasteiger charge is -2.29. The van der Waals surface area contributed by atoms with Gasteiger partial charge in [0.25, 0.3) is 5.91 Å². The molecule has 1 saturated heterocycles. The zero-order chi connectivity index (χ0) is 25.5. The highest BCUT2D eigenvalue weighted by molar-refractivity contribution is 6.05. The fourth-order valence-corrected chi connectivity index (χ4v) is 4.10. The topological polar surface area (TPSA) is 136 Å². The molecule has 2 N–H and O–H groups in total. The molecule has 0 bridgehead atoms. The molecule has 0 saturated carbocycles. The number of carbonyl (C=O) groups excluding carboxylic acids is 4. The summed E-state index contributed by atoms with van der Waals surface area (Å²) >= 11 is 0. The number of hydrogen-bond donors (Lipinski definition) is 2. The van der Waals surface area contributed by atoms with E-state index in [1.165, 1.54) is 4.90 Å². The molecule has 2 aliphatic rings. The van der Waals surface area contributed by atoms with Gasteiger partial charge >= 0.3 is 6.09 Å². The first-order chi connectivity index (χ1) is 16.3. The van der Waals surface area contributed by atoms with Crippen LogP contribution in [0.15, 0.2) is 24.4 Å². The van der Waals surface area contributed by atoms with Crippen molar-refractivity contribution in [3.8, 4) is 5.69 Å². The Labute approximate surface area is 203 Å². The number of amides is 4. The lowest BCUT2D eigenvalue weighted by atomic mass is 9.90. The lowest BCUT2D eigenvalue weighted by Crippen LogP contribution is -2.52. The van der Waals surface area contributed by atoms with Crippen molar-refractivity contribution in [1.82, 2.24) is 30.5 Å². The number of fused-ring (bicyclic) bond motifs is 1. The van der Waals surface area contributed by atoms with E-state index in [9.17, 15) is 19.2 Å². The number of nitrogens with one attached hydrogen (secondary N) is 2. The van der Waals surface area contributed by atoms with Gasteiger partial charge in [-0.3, -0.25) is 19.7 Å². The van der Waals surface area contributed by atoms with Crippen LogP contribution in [0.2, 0.25) is 0 Å². The molecule has 4 rings (SSSR count). The van der Waals surface area contributed by atoms with Gasteiger partial charge in [0, 0.05) is 30.5 Å². The first-order valence-electron chi connectivity index (χ1n) is 11.5. The van der Waals surface area contributed by atoms with Crippen LogP contribution >= 0.6 is 0 Å². The third-order valence-corrected chi connectivity index (χ3v) is 6.03. The number of rotatable bonds is 5. The van der Waals surface area contributed by atoms with Crippen molar-refractivity contribution < 1.29 is 23.9 Å². The van der Waals surface area contributed by atoms with Crippen molar-refractivity contribution in [3.63, 3.8) is 0 Å². The highest BCUT2D eigenvalue weighted by Gasteiger charge is 2.39. The maximum absolute atomic E-state index is 12.9. The molecule has 11 nitrogen and oxygen atoms in total. The Balaban J connectivity index is 1.46. The Kier molecular flexibility index (Phi) is 6.12. The Morgan fingerprint density at radius 3 is 2.63 bits per heavy atom. The number of imide groups is 1. The summed E-state index contributed by atoms with van der Waals surface area (Å²) in [5.41, 5.74) is 1.61. The molecule has 0 aliphatic carbocycles. The molecule has 1 aromatic heterocycles. The summed E-state index contributed by atoms with van der Waals surface area (Å²) in [6, 6.07) is 4.68. The second kappa shape index (κ2) is 8.79. The van der Waals surface area contributed by atoms with Crippen molar-refractivity contribution in [2.45, 2.75) is 71.1 Å². The van der Waals surface area contributed by atoms with Gasteiger partial charge < -0.3 is 15.0 Å². The smallest absolute Gasteiger partial charge is 0.407 e. The molecule has 1 atom stereocenters. The molecule has 4 amide bonds. The second-order valence-electron chi connectivity index (χ2n) is 10.5. The Morgan fingerprint density at radius 2 is 1.94 bits per heavy atom. The van der Waals surface area contributed by atoms with Crippen LogP contribution in [0.5, 0.6) is 0 Å². The van der Waals surface area contributed by atoms with E-state index in [-0.39, 0.29) is 24.8 Å². The summed E-state index contributed by atoms with van der Waals surface area (Å²) < 4.78 is 6.91. The number of piperidine rings is 1. The SMILES string of the molecule is CC(C)(C)OC(=O)NCC(C)(C)c1cn(-c2ccc3c(c2)CN(C2CCC(=O)NC2=O)C3=O)nn1. The molecule has 1 fully saturated rings. The van der Waals surface area contributed by atoms with E-state index in [0.717, 1.165) is 11.3 Å². The van der Waals surface area contributed by atoms with Crippen molar-refractivity contribution in [1.29, 1.82) is 0 Å². The van der Waals surface area contributed by atoms with Crippen LogP contribution in [-0.2, 0) is 26.3 Å². The molecule has 0 spiro atoms. The molecule has 186 valence electrons. The standard InChI is InChI=1S/C24H30N6O5/c1-23(2,3)35-22(34)25-13-24(4,5)18-12-30(28-27-18)15-6-7-16-14(10-15)11-29(21(16)33)17-8-9-19(31)26-20(17)32/h6-7,10,12,17H,8-9,11,13H2,1-5H3,(H,25,34)(H,26,31,32). The van der Waals surface area contributed by atoms with E-state index < -0.39 is 29.1 Å². The van der Waals surface area contributed by atoms with E-state index in [4.69, 9.17) is 4.74 Å². The lowest BCUT2D eigenvalue weighted by molar-refractivity contribution is -0.136. The number of carbonyl (C=O) groups is 4. The van der Waals surface area contributed by atoms with Gasteiger partial charge in [-0.2, -0.15) is 0 Å². The molecular formula is C24H30N6O5. The van der Waals surface area contributed by atoms with E-state index in [1.807, 2.05) is 19.9 Å². The van der Waals surface area contributed by atoms with Gasteiger partial charge in [0.1, 0.15) is 11.6 Å². The van der Waals surface area contributed by atoms with Crippen LogP contribution in [0.1, 0.15) is 69.1 Å². The summed E-state index contributed by atoms with van der Waals surface area (Å²) in [6.45, 7) is 9.88. The number of hydrogen-bond acceptors (Lipinski definition) is 7. The number of ether oxygens (including phenoxy) is 1. The quantitative estimate of drug-likeness (QED) is 0.621. The highest BCUT2D eigenvalue weighted by Crippen LogP contribution is 2.29. The monoisotopic (exact) mass is 482 g/mol. The average molecular weight is 483 g/mol. The van der Waals surface area contributed by atoms with Crippen molar-refractivity contribution in [2.24, 2.45) is 0 Å². The Bertz CT molecular complexity index is 1200. The van der Waals surface area contributed by atoms with Gasteiger partial charge in [-0.05, 0) is 51.0 Å². The molecule has 3 heterocycles. The Morgan fingerprint density at radius 1 is 1.20 bits per heavy atom. The van der Waals surface area contributed by atoms with Gasteiger partial charge in [0.05, 0.1) is 17.6 Å². The summed E-state index contributed by atoms with van der Waals surface area (Å²) in [6.07, 6.45) is 1.81. The fourth-order valence-electron chi connectivity index (χ4n) is 4.10. The molecule has 2 aromatic rings. The van der Waals surface area contributed by atoms with Gasteiger partial charge in [0.2, 0.25) is 11.8 Å². The largest absolute Gasteiger partial charge is 0.444 e. The minimum absolute atomic E-state index is 0.210. The zero-order valence-corrected chi connectivity index (χ0v) is 20.5. The fraction of sp³-hybridized carbons (Fsp3) is 0.500. The van der Waals surface area contributed by atoms with Crippen LogP contribution in [0.3, 0.4) is 0 Å². The molecule has 35 heavy (non-hydrogen) atoms. The number of benzene rings is 1. The minimum Gasteiger partial charge on any atom is -0.444 e. The van der Waals surface area contributed by atoms with Crippen molar-refractivity contribution in [3.05, 3.63) is 41.2 Å². The van der Waals surface area contributed by atoms with Crippen LogP contribution in [0.25, 0.3) is 5.69 Å². The summed E-state index contributed by atoms with van der Waals surface area (Å²) in [7, 11) is 0. The van der Waals surface area contributed by atoms with E-state index >= 15 is 0 Å². The zero-order valence-electron chi connectivity index (χ0n) is 20.5. The van der Waals surface area contributed by atoms with Crippen molar-refractivity contribution >= 4 is 23.8 Å². The summed E-state index contributed by atoms with van der Waals surface area (Å²) in [4.78, 5) is 50.2. The highest BCUT2D eigenvalue weighted by atomic mass is 16.6. The number of nitrogens with zero attached hydrogens (tertiary/aromatic N) is 4. The molecule has 2 aliphatic heterocycles. The van der Waals surface area contributed by atoms with Gasteiger partial charge in [-0.1, -0.05) is 19.1 Å².